The van der Waals surface area contributed by atoms with Crippen LogP contribution in [0.15, 0.2) is 48.5 Å². The van der Waals surface area contributed by atoms with Crippen LogP contribution in [0.2, 0.25) is 0 Å². The van der Waals surface area contributed by atoms with Crippen LogP contribution in [0.3, 0.4) is 0 Å². The van der Waals surface area contributed by atoms with E-state index in [9.17, 15) is 20.0 Å². The maximum absolute atomic E-state index is 13.8. The molecule has 1 aromatic heterocycles. The van der Waals surface area contributed by atoms with Crippen LogP contribution in [-0.2, 0) is 16.0 Å². The first-order valence-electron chi connectivity index (χ1n) is 12.1. The number of quaternary nitrogens is 1. The van der Waals surface area contributed by atoms with Crippen LogP contribution in [0.4, 0.5) is 5.69 Å². The molecule has 3 aliphatic rings. The van der Waals surface area contributed by atoms with Gasteiger partial charge in [0.25, 0.3) is 0 Å². The summed E-state index contributed by atoms with van der Waals surface area (Å²) in [5.41, 5.74) is 3.94. The SMILES string of the molecule is O=C1C2Cc3c([nH]c4ccccc34)C(c3ccc([NH+]([O-])O)cc3)N2C(=O)CN1C1CCCCC1. The maximum atomic E-state index is 13.8. The van der Waals surface area contributed by atoms with Gasteiger partial charge in [-0.3, -0.25) is 9.59 Å². The van der Waals surface area contributed by atoms with E-state index in [1.807, 2.05) is 23.1 Å². The Labute approximate surface area is 197 Å². The molecule has 8 heteroatoms. The summed E-state index contributed by atoms with van der Waals surface area (Å²) in [4.78, 5) is 34.6. The fraction of sp³-hybridized carbons (Fsp3) is 0.385. The fourth-order valence-electron chi connectivity index (χ4n) is 6.14. The third-order valence-corrected chi connectivity index (χ3v) is 7.78. The van der Waals surface area contributed by atoms with Crippen molar-refractivity contribution in [2.24, 2.45) is 0 Å². The van der Waals surface area contributed by atoms with Crippen molar-refractivity contribution in [1.82, 2.24) is 14.8 Å². The summed E-state index contributed by atoms with van der Waals surface area (Å²) in [6.45, 7) is 0.110. The van der Waals surface area contributed by atoms with E-state index in [-0.39, 0.29) is 30.1 Å². The van der Waals surface area contributed by atoms with E-state index >= 15 is 0 Å². The first-order chi connectivity index (χ1) is 16.5. The number of benzene rings is 2. The van der Waals surface area contributed by atoms with Gasteiger partial charge in [0, 0.05) is 41.2 Å². The second kappa shape index (κ2) is 8.23. The zero-order chi connectivity index (χ0) is 23.4. The number of hydrogen-bond donors (Lipinski definition) is 3. The van der Waals surface area contributed by atoms with E-state index in [1.54, 1.807) is 29.2 Å². The number of nitrogens with one attached hydrogen (secondary N) is 2. The minimum atomic E-state index is -0.994. The van der Waals surface area contributed by atoms with E-state index in [2.05, 4.69) is 11.1 Å². The first kappa shape index (κ1) is 21.3. The predicted octanol–water partition coefficient (Wildman–Crippen LogP) is 2.59. The standard InChI is InChI=1S/C26H28N4O4/c31-23-15-28(17-6-2-1-3-7-17)26(32)22-14-20-19-8-4-5-9-21(19)27-24(20)25(29(22)23)16-10-12-18(13-11-16)30(33)34/h4-5,8-13,17,22,25,27,30,33H,1-3,6-7,14-15H2. The smallest absolute Gasteiger partial charge is 0.246 e. The second-order valence-corrected chi connectivity index (χ2v) is 9.67. The largest absolute Gasteiger partial charge is 0.595 e. The molecule has 176 valence electrons. The molecule has 34 heavy (non-hydrogen) atoms. The van der Waals surface area contributed by atoms with Crippen molar-refractivity contribution >= 4 is 28.4 Å². The number of aromatic amines is 1. The topological polar surface area (TPSA) is 104 Å². The molecule has 2 fully saturated rings. The number of piperazine rings is 1. The minimum Gasteiger partial charge on any atom is -0.595 e. The maximum Gasteiger partial charge on any atom is 0.246 e. The summed E-state index contributed by atoms with van der Waals surface area (Å²) in [6.07, 6.45) is 5.80. The van der Waals surface area contributed by atoms with E-state index < -0.39 is 17.3 Å². The van der Waals surface area contributed by atoms with Gasteiger partial charge < -0.3 is 20.0 Å². The highest BCUT2D eigenvalue weighted by atomic mass is 16.8. The summed E-state index contributed by atoms with van der Waals surface area (Å²) >= 11 is 0. The van der Waals surface area contributed by atoms with Crippen LogP contribution in [-0.4, -0.2) is 50.4 Å². The normalized spacial score (nSPS) is 24.3. The molecular weight excluding hydrogens is 432 g/mol. The molecule has 0 spiro atoms. The van der Waals surface area contributed by atoms with Crippen LogP contribution in [0, 0.1) is 5.21 Å². The molecule has 1 aliphatic carbocycles. The van der Waals surface area contributed by atoms with Crippen LogP contribution >= 0.6 is 0 Å². The zero-order valence-corrected chi connectivity index (χ0v) is 18.9. The van der Waals surface area contributed by atoms with Gasteiger partial charge in [0.2, 0.25) is 11.8 Å². The number of amides is 2. The molecule has 3 heterocycles. The number of carbonyl (C=O) groups excluding carboxylic acids is 2. The van der Waals surface area contributed by atoms with Gasteiger partial charge in [0.05, 0.1) is 6.04 Å². The van der Waals surface area contributed by atoms with E-state index in [0.717, 1.165) is 53.4 Å². The van der Waals surface area contributed by atoms with Crippen molar-refractivity contribution in [2.75, 3.05) is 6.54 Å². The minimum absolute atomic E-state index is 0.0367. The Hall–Kier alpha value is -3.20. The number of hydrogen-bond acceptors (Lipinski definition) is 4. The lowest BCUT2D eigenvalue weighted by Gasteiger charge is -2.49. The van der Waals surface area contributed by atoms with Gasteiger partial charge >= 0.3 is 0 Å². The van der Waals surface area contributed by atoms with Crippen molar-refractivity contribution < 1.29 is 20.0 Å². The van der Waals surface area contributed by atoms with Crippen molar-refractivity contribution in [3.05, 3.63) is 70.6 Å². The molecule has 3 aromatic rings. The summed E-state index contributed by atoms with van der Waals surface area (Å²) in [7, 11) is 0. The number of rotatable bonds is 3. The van der Waals surface area contributed by atoms with E-state index in [1.165, 1.54) is 6.42 Å². The van der Waals surface area contributed by atoms with Gasteiger partial charge in [0.15, 0.2) is 5.69 Å². The Balaban J connectivity index is 1.46. The van der Waals surface area contributed by atoms with E-state index in [0.29, 0.717) is 6.42 Å². The molecule has 3 N–H and O–H groups in total. The molecule has 3 atom stereocenters. The lowest BCUT2D eigenvalue weighted by molar-refractivity contribution is -0.991. The van der Waals surface area contributed by atoms with Crippen molar-refractivity contribution in [3.63, 3.8) is 0 Å². The number of para-hydroxylation sites is 1. The van der Waals surface area contributed by atoms with Gasteiger partial charge in [0.1, 0.15) is 12.6 Å². The molecule has 3 unspecified atom stereocenters. The fourth-order valence-corrected chi connectivity index (χ4v) is 6.14. The third kappa shape index (κ3) is 3.33. The van der Waals surface area contributed by atoms with Crippen molar-refractivity contribution in [2.45, 2.75) is 56.7 Å². The summed E-state index contributed by atoms with van der Waals surface area (Å²) in [5.74, 6) is -0.0126. The molecule has 2 amide bonds. The molecule has 6 rings (SSSR count). The monoisotopic (exact) mass is 460 g/mol. The Morgan fingerprint density at radius 1 is 1.00 bits per heavy atom. The van der Waals surface area contributed by atoms with Gasteiger partial charge in [-0.2, -0.15) is 5.23 Å². The number of nitrogens with zero attached hydrogens (tertiary/aromatic N) is 2. The van der Waals surface area contributed by atoms with Crippen molar-refractivity contribution in [3.8, 4) is 0 Å². The molecule has 0 radical (unpaired) electrons. The first-order valence-corrected chi connectivity index (χ1v) is 12.1. The highest BCUT2D eigenvalue weighted by molar-refractivity contribution is 5.97. The van der Waals surface area contributed by atoms with Gasteiger partial charge in [-0.25, -0.2) is 5.21 Å². The Kier molecular flexibility index (Phi) is 5.17. The molecule has 1 saturated carbocycles. The van der Waals surface area contributed by atoms with Crippen LogP contribution in [0.1, 0.15) is 55.0 Å². The Morgan fingerprint density at radius 2 is 1.74 bits per heavy atom. The third-order valence-electron chi connectivity index (χ3n) is 7.78. The molecular formula is C26H28N4O4. The van der Waals surface area contributed by atoms with Gasteiger partial charge in [-0.05, 0) is 30.0 Å². The quantitative estimate of drug-likeness (QED) is 0.523. The average Bonchev–Trinajstić information content (AvgIpc) is 3.24. The second-order valence-electron chi connectivity index (χ2n) is 9.67. The van der Waals surface area contributed by atoms with Gasteiger partial charge in [-0.1, -0.05) is 49.6 Å². The number of H-pyrrole nitrogens is 1. The highest BCUT2D eigenvalue weighted by Gasteiger charge is 2.49. The Morgan fingerprint density at radius 3 is 2.47 bits per heavy atom. The highest BCUT2D eigenvalue weighted by Crippen LogP contribution is 2.43. The number of aromatic nitrogens is 1. The predicted molar refractivity (Wildman–Crippen MR) is 125 cm³/mol. The lowest BCUT2D eigenvalue weighted by Crippen LogP contribution is -2.99. The molecule has 2 aromatic carbocycles. The number of carbonyl (C=O) groups is 2. The molecule has 8 nitrogen and oxygen atoms in total. The van der Waals surface area contributed by atoms with Crippen molar-refractivity contribution in [1.29, 1.82) is 0 Å². The summed E-state index contributed by atoms with van der Waals surface area (Å²) in [5, 5.41) is 20.8. The summed E-state index contributed by atoms with van der Waals surface area (Å²) in [6, 6.07) is 13.8. The molecule has 2 aliphatic heterocycles. The summed E-state index contributed by atoms with van der Waals surface area (Å²) < 4.78 is 0. The lowest BCUT2D eigenvalue weighted by atomic mass is 9.85. The molecule has 0 bridgehead atoms. The zero-order valence-electron chi connectivity index (χ0n) is 18.9. The van der Waals surface area contributed by atoms with Gasteiger partial charge in [-0.15, -0.1) is 0 Å². The van der Waals surface area contributed by atoms with Crippen LogP contribution < -0.4 is 5.23 Å². The number of fused-ring (bicyclic) bond motifs is 4. The average molecular weight is 461 g/mol. The van der Waals surface area contributed by atoms with Crippen LogP contribution in [0.25, 0.3) is 10.9 Å². The van der Waals surface area contributed by atoms with Crippen LogP contribution in [0.5, 0.6) is 0 Å². The molecule has 1 saturated heterocycles. The Bertz CT molecular complexity index is 1250. The van der Waals surface area contributed by atoms with E-state index in [4.69, 9.17) is 0 Å².